The van der Waals surface area contributed by atoms with Gasteiger partial charge in [0.1, 0.15) is 0 Å². The van der Waals surface area contributed by atoms with Crippen LogP contribution in [0.1, 0.15) is 0 Å². The van der Waals surface area contributed by atoms with Gasteiger partial charge in [0.2, 0.25) is 0 Å². The standard InChI is InChI=1S/C9H15N2O2.ClH/c1-11(2,3)7-6-10-8(12)4-5-9(10)13;/h4-5H,6-7H2,1-3H3;1H/q+1;/p-1. The van der Waals surface area contributed by atoms with E-state index in [2.05, 4.69) is 0 Å². The third-order valence-electron chi connectivity index (χ3n) is 1.89. The average Bonchev–Trinajstić information content (AvgIpc) is 2.27. The maximum Gasteiger partial charge on any atom is 0.253 e. The van der Waals surface area contributed by atoms with Gasteiger partial charge < -0.3 is 16.9 Å². The van der Waals surface area contributed by atoms with E-state index in [-0.39, 0.29) is 24.2 Å². The van der Waals surface area contributed by atoms with Crippen molar-refractivity contribution in [3.8, 4) is 0 Å². The lowest BCUT2D eigenvalue weighted by atomic mass is 10.4. The molecule has 0 bridgehead atoms. The average molecular weight is 219 g/mol. The smallest absolute Gasteiger partial charge is 0.253 e. The van der Waals surface area contributed by atoms with Crippen molar-refractivity contribution in [3.05, 3.63) is 12.2 Å². The first kappa shape index (κ1) is 13.1. The molecule has 0 saturated heterocycles. The van der Waals surface area contributed by atoms with Crippen LogP contribution in [0.2, 0.25) is 0 Å². The van der Waals surface area contributed by atoms with Gasteiger partial charge in [-0.25, -0.2) is 0 Å². The molecule has 0 saturated carbocycles. The lowest BCUT2D eigenvalue weighted by Gasteiger charge is -2.26. The van der Waals surface area contributed by atoms with Gasteiger partial charge in [0.15, 0.2) is 0 Å². The van der Waals surface area contributed by atoms with E-state index in [9.17, 15) is 9.59 Å². The van der Waals surface area contributed by atoms with E-state index in [0.717, 1.165) is 11.0 Å². The van der Waals surface area contributed by atoms with Gasteiger partial charge in [0.25, 0.3) is 11.8 Å². The maximum absolute atomic E-state index is 11.1. The Morgan fingerprint density at radius 2 is 1.57 bits per heavy atom. The van der Waals surface area contributed by atoms with Gasteiger partial charge in [-0.05, 0) is 0 Å². The highest BCUT2D eigenvalue weighted by molar-refractivity contribution is 6.12. The number of rotatable bonds is 3. The highest BCUT2D eigenvalue weighted by Crippen LogP contribution is 2.03. The largest absolute Gasteiger partial charge is 1.00 e. The van der Waals surface area contributed by atoms with E-state index >= 15 is 0 Å². The number of hydrogen-bond acceptors (Lipinski definition) is 2. The summed E-state index contributed by atoms with van der Waals surface area (Å²) >= 11 is 0. The molecule has 5 heteroatoms. The van der Waals surface area contributed by atoms with Crippen molar-refractivity contribution in [3.63, 3.8) is 0 Å². The Morgan fingerprint density at radius 1 is 1.14 bits per heavy atom. The number of nitrogens with zero attached hydrogens (tertiary/aromatic N) is 2. The predicted octanol–water partition coefficient (Wildman–Crippen LogP) is -3.38. The van der Waals surface area contributed by atoms with Crippen LogP contribution in [0.3, 0.4) is 0 Å². The number of imide groups is 1. The molecule has 4 nitrogen and oxygen atoms in total. The van der Waals surface area contributed by atoms with Crippen molar-refractivity contribution in [2.45, 2.75) is 0 Å². The fourth-order valence-electron chi connectivity index (χ4n) is 1.05. The van der Waals surface area contributed by atoms with Crippen molar-refractivity contribution >= 4 is 11.8 Å². The van der Waals surface area contributed by atoms with Gasteiger partial charge in [-0.15, -0.1) is 0 Å². The minimum atomic E-state index is -0.196. The molecule has 0 aromatic carbocycles. The number of hydrogen-bond donors (Lipinski definition) is 0. The highest BCUT2D eigenvalue weighted by atomic mass is 35.5. The molecule has 0 atom stereocenters. The summed E-state index contributed by atoms with van der Waals surface area (Å²) in [5, 5.41) is 0. The Hall–Kier alpha value is -0.870. The van der Waals surface area contributed by atoms with Crippen molar-refractivity contribution in [2.75, 3.05) is 34.2 Å². The Balaban J connectivity index is 0.00000169. The lowest BCUT2D eigenvalue weighted by Crippen LogP contribution is -3.00. The maximum atomic E-state index is 11.1. The van der Waals surface area contributed by atoms with Crippen LogP contribution >= 0.6 is 0 Å². The van der Waals surface area contributed by atoms with E-state index in [0.29, 0.717) is 6.54 Å². The van der Waals surface area contributed by atoms with E-state index in [1.54, 1.807) is 0 Å². The zero-order valence-corrected chi connectivity index (χ0v) is 9.41. The predicted molar refractivity (Wildman–Crippen MR) is 48.8 cm³/mol. The first-order chi connectivity index (χ1) is 5.90. The van der Waals surface area contributed by atoms with Crippen LogP contribution in [0, 0.1) is 0 Å². The van der Waals surface area contributed by atoms with Gasteiger partial charge >= 0.3 is 0 Å². The normalized spacial score (nSPS) is 16.1. The fraction of sp³-hybridized carbons (Fsp3) is 0.556. The summed E-state index contributed by atoms with van der Waals surface area (Å²) in [6, 6.07) is 0. The Bertz CT molecular complexity index is 250. The van der Waals surface area contributed by atoms with Crippen molar-refractivity contribution in [1.29, 1.82) is 0 Å². The van der Waals surface area contributed by atoms with E-state index < -0.39 is 0 Å². The van der Waals surface area contributed by atoms with Gasteiger partial charge in [-0.2, -0.15) is 0 Å². The molecule has 1 heterocycles. The molecule has 0 unspecified atom stereocenters. The third-order valence-corrected chi connectivity index (χ3v) is 1.89. The Morgan fingerprint density at radius 3 is 1.93 bits per heavy atom. The first-order valence-electron chi connectivity index (χ1n) is 4.24. The van der Waals surface area contributed by atoms with Crippen LogP contribution in [0.5, 0.6) is 0 Å². The topological polar surface area (TPSA) is 37.4 Å². The zero-order valence-electron chi connectivity index (χ0n) is 8.66. The van der Waals surface area contributed by atoms with Crippen LogP contribution in [-0.4, -0.2) is 55.4 Å². The molecule has 1 aliphatic heterocycles. The number of likely N-dealkylation sites (N-methyl/N-ethyl adjacent to an activating group) is 1. The van der Waals surface area contributed by atoms with Gasteiger partial charge in [-0.1, -0.05) is 0 Å². The minimum Gasteiger partial charge on any atom is -1.00 e. The van der Waals surface area contributed by atoms with E-state index in [4.69, 9.17) is 0 Å². The van der Waals surface area contributed by atoms with Crippen LogP contribution in [0.15, 0.2) is 12.2 Å². The third kappa shape index (κ3) is 3.47. The summed E-state index contributed by atoms with van der Waals surface area (Å²) in [4.78, 5) is 23.5. The monoisotopic (exact) mass is 218 g/mol. The molecule has 1 rings (SSSR count). The van der Waals surface area contributed by atoms with Gasteiger partial charge in [-0.3, -0.25) is 14.5 Å². The van der Waals surface area contributed by atoms with Crippen LogP contribution in [-0.2, 0) is 9.59 Å². The number of carbonyl (C=O) groups excluding carboxylic acids is 2. The Kier molecular flexibility index (Phi) is 4.29. The minimum absolute atomic E-state index is 0. The molecule has 14 heavy (non-hydrogen) atoms. The second kappa shape index (κ2) is 4.57. The first-order valence-corrected chi connectivity index (χ1v) is 4.24. The number of quaternary nitrogens is 1. The summed E-state index contributed by atoms with van der Waals surface area (Å²) in [6.07, 6.45) is 2.63. The second-order valence-corrected chi connectivity index (χ2v) is 4.18. The summed E-state index contributed by atoms with van der Waals surface area (Å²) in [5.41, 5.74) is 0. The lowest BCUT2D eigenvalue weighted by molar-refractivity contribution is -0.869. The summed E-state index contributed by atoms with van der Waals surface area (Å²) < 4.78 is 0.747. The van der Waals surface area contributed by atoms with Crippen molar-refractivity contribution in [1.82, 2.24) is 4.90 Å². The SMILES string of the molecule is C[N+](C)(C)CCN1C(=O)C=CC1=O.[Cl-]. The molecule has 0 N–H and O–H groups in total. The molecule has 0 aliphatic carbocycles. The van der Waals surface area contributed by atoms with Gasteiger partial charge in [0, 0.05) is 12.2 Å². The van der Waals surface area contributed by atoms with Crippen LogP contribution in [0.25, 0.3) is 0 Å². The number of amides is 2. The van der Waals surface area contributed by atoms with Crippen molar-refractivity contribution < 1.29 is 26.5 Å². The molecule has 0 fully saturated rings. The second-order valence-electron chi connectivity index (χ2n) is 4.18. The van der Waals surface area contributed by atoms with E-state index in [1.807, 2.05) is 21.1 Å². The van der Waals surface area contributed by atoms with Crippen LogP contribution in [0.4, 0.5) is 0 Å². The molecule has 1 aliphatic rings. The Labute approximate surface area is 90.2 Å². The highest BCUT2D eigenvalue weighted by Gasteiger charge is 2.24. The molecule has 0 radical (unpaired) electrons. The zero-order chi connectivity index (χ0) is 10.1. The molecule has 80 valence electrons. The molecule has 0 aromatic heterocycles. The number of halogens is 1. The van der Waals surface area contributed by atoms with E-state index in [1.165, 1.54) is 17.1 Å². The molecule has 0 spiro atoms. The van der Waals surface area contributed by atoms with Crippen molar-refractivity contribution in [2.24, 2.45) is 0 Å². The molecule has 0 aromatic rings. The quantitative estimate of drug-likeness (QED) is 0.366. The molecular weight excluding hydrogens is 204 g/mol. The molecular formula is C9H15ClN2O2. The molecule has 2 amide bonds. The number of carbonyl (C=O) groups is 2. The van der Waals surface area contributed by atoms with Gasteiger partial charge in [0.05, 0.1) is 34.2 Å². The fourth-order valence-corrected chi connectivity index (χ4v) is 1.05. The van der Waals surface area contributed by atoms with Crippen LogP contribution < -0.4 is 12.4 Å². The summed E-state index contributed by atoms with van der Waals surface area (Å²) in [6.45, 7) is 1.27. The summed E-state index contributed by atoms with van der Waals surface area (Å²) in [5.74, 6) is -0.392. The summed E-state index contributed by atoms with van der Waals surface area (Å²) in [7, 11) is 6.08.